The molecule has 5 rings (SSSR count). The van der Waals surface area contributed by atoms with Crippen molar-refractivity contribution in [2.24, 2.45) is 7.05 Å². The number of carbonyl (C=O) groups excluding carboxylic acids is 1. The zero-order valence-corrected chi connectivity index (χ0v) is 16.2. The summed E-state index contributed by atoms with van der Waals surface area (Å²) in [6.45, 7) is 4.13. The third-order valence-corrected chi connectivity index (χ3v) is 6.02. The Balaban J connectivity index is 1.58. The van der Waals surface area contributed by atoms with Crippen LogP contribution in [0.5, 0.6) is 0 Å². The fraction of sp³-hybridized carbons (Fsp3) is 0.292. The van der Waals surface area contributed by atoms with Crippen LogP contribution in [0, 0.1) is 0 Å². The second-order valence-corrected chi connectivity index (χ2v) is 7.77. The van der Waals surface area contributed by atoms with E-state index in [4.69, 9.17) is 0 Å². The first-order valence-electron chi connectivity index (χ1n) is 10.1. The highest BCUT2D eigenvalue weighted by Crippen LogP contribution is 2.33. The van der Waals surface area contributed by atoms with Gasteiger partial charge in [-0.05, 0) is 41.8 Å². The van der Waals surface area contributed by atoms with Gasteiger partial charge in [0.15, 0.2) is 5.78 Å². The Bertz CT molecular complexity index is 1090. The highest BCUT2D eigenvalue weighted by Gasteiger charge is 2.21. The number of allylic oxidation sites excluding steroid dienone is 1. The molecular weight excluding hydrogens is 346 g/mol. The van der Waals surface area contributed by atoms with Gasteiger partial charge in [-0.2, -0.15) is 0 Å². The maximum absolute atomic E-state index is 13.0. The SMILES string of the molecule is Cn1cc(C2=Cc3ccc(N4CCNCC4)cc3CCC2=O)c2ccccc21. The van der Waals surface area contributed by atoms with Crippen molar-refractivity contribution in [3.05, 3.63) is 65.4 Å². The molecular formula is C24H25N3O. The van der Waals surface area contributed by atoms with Gasteiger partial charge in [0.25, 0.3) is 0 Å². The molecule has 1 aliphatic carbocycles. The second-order valence-electron chi connectivity index (χ2n) is 7.77. The Kier molecular flexibility index (Phi) is 4.29. The molecule has 1 saturated heterocycles. The number of aromatic nitrogens is 1. The Morgan fingerprint density at radius 2 is 1.82 bits per heavy atom. The molecule has 28 heavy (non-hydrogen) atoms. The van der Waals surface area contributed by atoms with E-state index in [1.807, 2.05) is 19.2 Å². The first-order valence-corrected chi connectivity index (χ1v) is 10.1. The molecule has 2 aliphatic rings. The quantitative estimate of drug-likeness (QED) is 0.747. The van der Waals surface area contributed by atoms with Crippen molar-refractivity contribution in [1.82, 2.24) is 9.88 Å². The van der Waals surface area contributed by atoms with Crippen molar-refractivity contribution in [1.29, 1.82) is 0 Å². The number of nitrogens with one attached hydrogen (secondary N) is 1. The second kappa shape index (κ2) is 6.95. The predicted molar refractivity (Wildman–Crippen MR) is 116 cm³/mol. The molecule has 1 N–H and O–H groups in total. The van der Waals surface area contributed by atoms with E-state index >= 15 is 0 Å². The van der Waals surface area contributed by atoms with Gasteiger partial charge in [-0.25, -0.2) is 0 Å². The Morgan fingerprint density at radius 1 is 1.00 bits per heavy atom. The van der Waals surface area contributed by atoms with Crippen LogP contribution >= 0.6 is 0 Å². The molecule has 0 unspecified atom stereocenters. The van der Waals surface area contributed by atoms with Crippen molar-refractivity contribution in [3.63, 3.8) is 0 Å². The number of piperazine rings is 1. The summed E-state index contributed by atoms with van der Waals surface area (Å²) in [5.41, 5.74) is 6.76. The van der Waals surface area contributed by atoms with Crippen LogP contribution < -0.4 is 10.2 Å². The Hall–Kier alpha value is -2.85. The van der Waals surface area contributed by atoms with Crippen LogP contribution in [0.25, 0.3) is 22.6 Å². The van der Waals surface area contributed by atoms with E-state index in [2.05, 4.69) is 57.4 Å². The largest absolute Gasteiger partial charge is 0.369 e. The van der Waals surface area contributed by atoms with Crippen LogP contribution in [-0.2, 0) is 18.3 Å². The molecule has 0 amide bonds. The highest BCUT2D eigenvalue weighted by molar-refractivity contribution is 6.28. The van der Waals surface area contributed by atoms with Crippen LogP contribution in [0.15, 0.2) is 48.7 Å². The number of fused-ring (bicyclic) bond motifs is 2. The van der Waals surface area contributed by atoms with Crippen molar-refractivity contribution in [3.8, 4) is 0 Å². The lowest BCUT2D eigenvalue weighted by Gasteiger charge is -2.30. The lowest BCUT2D eigenvalue weighted by atomic mass is 9.99. The maximum Gasteiger partial charge on any atom is 0.163 e. The maximum atomic E-state index is 13.0. The molecule has 0 saturated carbocycles. The standard InChI is InChI=1S/C24H25N3O/c1-26-16-22(20-4-2-3-5-23(20)26)21-15-18-6-8-19(27-12-10-25-11-13-27)14-17(18)7-9-24(21)28/h2-6,8,14-16,25H,7,9-13H2,1H3. The number of hydrogen-bond acceptors (Lipinski definition) is 3. The predicted octanol–water partition coefficient (Wildman–Crippen LogP) is 3.64. The van der Waals surface area contributed by atoms with E-state index in [9.17, 15) is 4.79 Å². The van der Waals surface area contributed by atoms with Crippen molar-refractivity contribution in [2.45, 2.75) is 12.8 Å². The van der Waals surface area contributed by atoms with Gasteiger partial charge < -0.3 is 14.8 Å². The van der Waals surface area contributed by atoms with Gasteiger partial charge in [0, 0.05) is 73.6 Å². The zero-order valence-electron chi connectivity index (χ0n) is 16.2. The van der Waals surface area contributed by atoms with Gasteiger partial charge in [-0.1, -0.05) is 24.3 Å². The molecule has 0 atom stereocenters. The summed E-state index contributed by atoms with van der Waals surface area (Å²) < 4.78 is 2.11. The number of para-hydroxylation sites is 1. The topological polar surface area (TPSA) is 37.3 Å². The third kappa shape index (κ3) is 2.94. The molecule has 0 radical (unpaired) electrons. The lowest BCUT2D eigenvalue weighted by Crippen LogP contribution is -2.43. The highest BCUT2D eigenvalue weighted by atomic mass is 16.1. The van der Waals surface area contributed by atoms with Crippen LogP contribution in [0.1, 0.15) is 23.1 Å². The molecule has 0 bridgehead atoms. The summed E-state index contributed by atoms with van der Waals surface area (Å²) in [7, 11) is 2.04. The van der Waals surface area contributed by atoms with E-state index in [0.29, 0.717) is 6.42 Å². The molecule has 1 fully saturated rings. The minimum Gasteiger partial charge on any atom is -0.369 e. The molecule has 3 aromatic rings. The van der Waals surface area contributed by atoms with Crippen molar-refractivity contribution >= 4 is 34.0 Å². The first-order chi connectivity index (χ1) is 13.7. The van der Waals surface area contributed by atoms with Gasteiger partial charge in [0.05, 0.1) is 0 Å². The van der Waals surface area contributed by atoms with E-state index in [1.54, 1.807) is 0 Å². The lowest BCUT2D eigenvalue weighted by molar-refractivity contribution is -0.113. The monoisotopic (exact) mass is 371 g/mol. The van der Waals surface area contributed by atoms with E-state index in [-0.39, 0.29) is 5.78 Å². The van der Waals surface area contributed by atoms with Crippen LogP contribution in [0.4, 0.5) is 5.69 Å². The van der Waals surface area contributed by atoms with Crippen molar-refractivity contribution in [2.75, 3.05) is 31.1 Å². The summed E-state index contributed by atoms with van der Waals surface area (Å²) >= 11 is 0. The van der Waals surface area contributed by atoms with Gasteiger partial charge in [0.2, 0.25) is 0 Å². The van der Waals surface area contributed by atoms with E-state index in [1.165, 1.54) is 16.8 Å². The summed E-state index contributed by atoms with van der Waals surface area (Å²) in [6, 6.07) is 15.0. The fourth-order valence-electron chi connectivity index (χ4n) is 4.47. The average molecular weight is 371 g/mol. The zero-order chi connectivity index (χ0) is 19.1. The minimum atomic E-state index is 0.233. The Labute approximate surface area is 165 Å². The number of ketones is 1. The number of aryl methyl sites for hydroxylation is 2. The summed E-state index contributed by atoms with van der Waals surface area (Å²) in [6.07, 6.45) is 5.56. The van der Waals surface area contributed by atoms with Crippen LogP contribution in [0.3, 0.4) is 0 Å². The normalized spacial score (nSPS) is 17.4. The number of benzene rings is 2. The molecule has 1 aromatic heterocycles. The van der Waals surface area contributed by atoms with Gasteiger partial charge in [0.1, 0.15) is 0 Å². The summed E-state index contributed by atoms with van der Waals surface area (Å²) in [5, 5.41) is 4.55. The summed E-state index contributed by atoms with van der Waals surface area (Å²) in [4.78, 5) is 15.5. The fourth-order valence-corrected chi connectivity index (χ4v) is 4.47. The number of Topliss-reactive ketones (excluding diaryl/α,β-unsaturated/α-hetero) is 1. The van der Waals surface area contributed by atoms with Crippen molar-refractivity contribution < 1.29 is 4.79 Å². The molecule has 4 heteroatoms. The first kappa shape index (κ1) is 17.3. The average Bonchev–Trinajstić information content (AvgIpc) is 2.98. The number of rotatable bonds is 2. The van der Waals surface area contributed by atoms with E-state index in [0.717, 1.165) is 54.6 Å². The minimum absolute atomic E-state index is 0.233. The molecule has 2 heterocycles. The number of hydrogen-bond donors (Lipinski definition) is 1. The van der Waals surface area contributed by atoms with E-state index < -0.39 is 0 Å². The molecule has 4 nitrogen and oxygen atoms in total. The number of nitrogens with zero attached hydrogens (tertiary/aromatic N) is 2. The molecule has 1 aliphatic heterocycles. The number of anilines is 1. The smallest absolute Gasteiger partial charge is 0.163 e. The van der Waals surface area contributed by atoms with Gasteiger partial charge in [-0.15, -0.1) is 0 Å². The van der Waals surface area contributed by atoms with Crippen LogP contribution in [-0.4, -0.2) is 36.5 Å². The summed E-state index contributed by atoms with van der Waals surface area (Å²) in [5.74, 6) is 0.233. The Morgan fingerprint density at radius 3 is 2.68 bits per heavy atom. The number of carbonyl (C=O) groups is 1. The molecule has 142 valence electrons. The third-order valence-electron chi connectivity index (χ3n) is 6.02. The molecule has 2 aromatic carbocycles. The van der Waals surface area contributed by atoms with Crippen LogP contribution in [0.2, 0.25) is 0 Å². The van der Waals surface area contributed by atoms with Gasteiger partial charge >= 0.3 is 0 Å². The molecule has 0 spiro atoms. The van der Waals surface area contributed by atoms with Gasteiger partial charge in [-0.3, -0.25) is 4.79 Å².